The molecule has 4 heteroatoms. The summed E-state index contributed by atoms with van der Waals surface area (Å²) in [4.78, 5) is 2.87. The lowest BCUT2D eigenvalue weighted by atomic mass is 10.4. The minimum absolute atomic E-state index is 0.104. The molecule has 0 unspecified atom stereocenters. The lowest BCUT2D eigenvalue weighted by Gasteiger charge is -2.32. The molecule has 0 N–H and O–H groups in total. The van der Waals surface area contributed by atoms with Crippen molar-refractivity contribution in [3.05, 3.63) is 60.7 Å². The van der Waals surface area contributed by atoms with Crippen LogP contribution in [0.1, 0.15) is 0 Å². The van der Waals surface area contributed by atoms with E-state index >= 15 is 0 Å². The van der Waals surface area contributed by atoms with Gasteiger partial charge in [-0.3, -0.25) is 0 Å². The van der Waals surface area contributed by atoms with Gasteiger partial charge in [0.05, 0.1) is 6.66 Å². The van der Waals surface area contributed by atoms with Gasteiger partial charge in [-0.25, -0.2) is 0 Å². The quantitative estimate of drug-likeness (QED) is 0.575. The third-order valence-electron chi connectivity index (χ3n) is 4.15. The van der Waals surface area contributed by atoms with E-state index in [0.29, 0.717) is 0 Å². The Kier molecular flexibility index (Phi) is 6.05. The molecular weight excluding hydrogens is 307 g/mol. The maximum Gasteiger partial charge on any atom is 0.250 e. The van der Waals surface area contributed by atoms with E-state index in [0.717, 1.165) is 0 Å². The van der Waals surface area contributed by atoms with Crippen LogP contribution in [-0.4, -0.2) is 49.7 Å². The van der Waals surface area contributed by atoms with E-state index in [9.17, 15) is 0 Å². The summed E-state index contributed by atoms with van der Waals surface area (Å²) >= 11 is 0. The van der Waals surface area contributed by atoms with Gasteiger partial charge in [-0.1, -0.05) is 36.4 Å². The first-order chi connectivity index (χ1) is 10.4. The van der Waals surface area contributed by atoms with Crippen LogP contribution in [0.5, 0.6) is 0 Å². The van der Waals surface area contributed by atoms with Crippen LogP contribution in [0, 0.1) is 0 Å². The molecule has 118 valence electrons. The van der Waals surface area contributed by atoms with Crippen molar-refractivity contribution in [1.29, 1.82) is 0 Å². The topological polar surface area (TPSA) is 6.48 Å². The molecule has 0 heterocycles. The Morgan fingerprint density at radius 3 is 1.41 bits per heavy atom. The number of nitrogens with zero attached hydrogens (tertiary/aromatic N) is 2. The van der Waals surface area contributed by atoms with E-state index in [1.54, 1.807) is 0 Å². The highest BCUT2D eigenvalue weighted by Gasteiger charge is 2.47. The van der Waals surface area contributed by atoms with Crippen LogP contribution in [0.2, 0.25) is 0 Å². The maximum absolute atomic E-state index is 2.43. The van der Waals surface area contributed by atoms with Crippen LogP contribution in [0.25, 0.3) is 0 Å². The summed E-state index contributed by atoms with van der Waals surface area (Å²) in [7, 11) is 7.64. The molecule has 0 spiro atoms. The fraction of sp³-hybridized carbons (Fsp3) is 0.333. The van der Waals surface area contributed by atoms with E-state index in [1.807, 2.05) is 0 Å². The largest absolute Gasteiger partial charge is 0.250 e. The Hall–Kier alpha value is -0.860. The van der Waals surface area contributed by atoms with E-state index in [-0.39, 0.29) is 10.9 Å². The fourth-order valence-electron chi connectivity index (χ4n) is 2.29. The molecule has 0 atom stereocenters. The summed E-state index contributed by atoms with van der Waals surface area (Å²) in [6, 6.07) is 21.9. The van der Waals surface area contributed by atoms with Gasteiger partial charge in [0.15, 0.2) is 9.79 Å². The van der Waals surface area contributed by atoms with E-state index in [2.05, 4.69) is 105 Å². The Labute approximate surface area is 138 Å². The van der Waals surface area contributed by atoms with Crippen molar-refractivity contribution in [3.8, 4) is 0 Å². The van der Waals surface area contributed by atoms with Gasteiger partial charge in [0.25, 0.3) is 0 Å². The lowest BCUT2D eigenvalue weighted by molar-refractivity contribution is 0.559. The van der Waals surface area contributed by atoms with Crippen molar-refractivity contribution in [3.63, 3.8) is 0 Å². The zero-order chi connectivity index (χ0) is 16.2. The van der Waals surface area contributed by atoms with Crippen LogP contribution in [0.15, 0.2) is 70.5 Å². The second kappa shape index (κ2) is 7.61. The summed E-state index contributed by atoms with van der Waals surface area (Å²) in [5, 5.41) is 0. The minimum atomic E-state index is -1.32. The van der Waals surface area contributed by atoms with Gasteiger partial charge in [-0.05, 0) is 24.3 Å². The number of hydrogen-bond donors (Lipinski definition) is 0. The number of rotatable bonds is 6. The van der Waals surface area contributed by atoms with Crippen LogP contribution < -0.4 is 0 Å². The van der Waals surface area contributed by atoms with Crippen LogP contribution in [-0.2, 0) is 10.9 Å². The van der Waals surface area contributed by atoms with Gasteiger partial charge in [0.1, 0.15) is 10.9 Å². The number of benzene rings is 2. The Bertz CT molecular complexity index is 525. The molecule has 0 saturated heterocycles. The Balaban J connectivity index is 2.42. The van der Waals surface area contributed by atoms with E-state index in [1.165, 1.54) is 15.3 Å². The first-order valence-corrected chi connectivity index (χ1v) is 11.2. The standard InChI is InChI=1S/C18H27N2PS/c1-19(2)21(5,20(3)4)16-22(17-12-8-6-9-13-17)18-14-10-7-11-15-18/h6-15H,16H2,1-5H3/q+2. The van der Waals surface area contributed by atoms with Crippen molar-refractivity contribution in [2.45, 2.75) is 9.79 Å². The molecule has 2 aromatic carbocycles. The van der Waals surface area contributed by atoms with Gasteiger partial charge < -0.3 is 0 Å². The van der Waals surface area contributed by atoms with Crippen LogP contribution in [0.4, 0.5) is 0 Å². The molecule has 0 amide bonds. The molecule has 0 fully saturated rings. The van der Waals surface area contributed by atoms with Crippen LogP contribution >= 0.6 is 7.56 Å². The normalized spacial score (nSPS) is 12.4. The monoisotopic (exact) mass is 334 g/mol. The maximum atomic E-state index is 2.43. The Morgan fingerprint density at radius 1 is 0.727 bits per heavy atom. The second-order valence-corrected chi connectivity index (χ2v) is 12.5. The van der Waals surface area contributed by atoms with E-state index in [4.69, 9.17) is 0 Å². The van der Waals surface area contributed by atoms with E-state index < -0.39 is 7.56 Å². The SMILES string of the molecule is CN(C)[P+](C)(C[S+](c1ccccc1)c1ccccc1)N(C)C. The highest BCUT2D eigenvalue weighted by molar-refractivity contribution is 8.04. The fourth-order valence-corrected chi connectivity index (χ4v) is 9.24. The second-order valence-electron chi connectivity index (χ2n) is 5.93. The molecule has 0 aromatic heterocycles. The van der Waals surface area contributed by atoms with Gasteiger partial charge in [-0.2, -0.15) is 9.34 Å². The first kappa shape index (κ1) is 17.5. The third kappa shape index (κ3) is 3.91. The summed E-state index contributed by atoms with van der Waals surface area (Å²) < 4.78 is 4.86. The van der Waals surface area contributed by atoms with Gasteiger partial charge in [0, 0.05) is 28.2 Å². The van der Waals surface area contributed by atoms with Gasteiger partial charge in [0.2, 0.25) is 13.1 Å². The zero-order valence-electron chi connectivity index (χ0n) is 14.2. The van der Waals surface area contributed by atoms with Gasteiger partial charge >= 0.3 is 0 Å². The molecule has 0 aliphatic heterocycles. The van der Waals surface area contributed by atoms with Crippen molar-refractivity contribution in [2.24, 2.45) is 0 Å². The van der Waals surface area contributed by atoms with Crippen molar-refractivity contribution in [1.82, 2.24) is 9.34 Å². The van der Waals surface area contributed by atoms with Crippen molar-refractivity contribution < 1.29 is 0 Å². The minimum Gasteiger partial charge on any atom is -0.166 e. The lowest BCUT2D eigenvalue weighted by Crippen LogP contribution is -2.31. The molecular formula is C18H27N2PS+2. The van der Waals surface area contributed by atoms with Crippen molar-refractivity contribution in [2.75, 3.05) is 40.3 Å². The Morgan fingerprint density at radius 2 is 1.09 bits per heavy atom. The molecule has 0 aliphatic rings. The molecule has 0 saturated carbocycles. The average molecular weight is 334 g/mol. The summed E-state index contributed by atoms with van der Waals surface area (Å²) in [6.45, 7) is 2.43. The predicted octanol–water partition coefficient (Wildman–Crippen LogP) is 4.28. The van der Waals surface area contributed by atoms with Crippen molar-refractivity contribution >= 4 is 18.5 Å². The molecule has 22 heavy (non-hydrogen) atoms. The third-order valence-corrected chi connectivity index (χ3v) is 12.3. The highest BCUT2D eigenvalue weighted by atomic mass is 32.2. The first-order valence-electron chi connectivity index (χ1n) is 7.47. The summed E-state index contributed by atoms with van der Waals surface area (Å²) in [6.07, 6.45) is 0. The summed E-state index contributed by atoms with van der Waals surface area (Å²) in [5.74, 6) is 0. The van der Waals surface area contributed by atoms with Gasteiger partial charge in [-0.15, -0.1) is 0 Å². The highest BCUT2D eigenvalue weighted by Crippen LogP contribution is 2.60. The molecule has 0 bridgehead atoms. The summed E-state index contributed by atoms with van der Waals surface area (Å²) in [5.41, 5.74) is 1.18. The molecule has 0 radical (unpaired) electrons. The molecule has 2 aromatic rings. The van der Waals surface area contributed by atoms with Crippen LogP contribution in [0.3, 0.4) is 0 Å². The predicted molar refractivity (Wildman–Crippen MR) is 102 cm³/mol. The number of hydrogen-bond acceptors (Lipinski definition) is 2. The molecule has 2 nitrogen and oxygen atoms in total. The average Bonchev–Trinajstić information content (AvgIpc) is 2.53. The smallest absolute Gasteiger partial charge is 0.166 e. The molecule has 2 rings (SSSR count). The molecule has 0 aliphatic carbocycles. The zero-order valence-corrected chi connectivity index (χ0v) is 15.9.